The third kappa shape index (κ3) is 2.53. The smallest absolute Gasteiger partial charge is 0.243 e. The number of hydrogen-bond donors (Lipinski definition) is 1. The maximum Gasteiger partial charge on any atom is 0.243 e. The fraction of sp³-hybridized carbons (Fsp3) is 0.500. The number of carbonyl (C=O) groups is 2. The molecule has 0 aromatic carbocycles. The van der Waals surface area contributed by atoms with Gasteiger partial charge in [-0.1, -0.05) is 0 Å². The average molecular weight is 252 g/mol. The van der Waals surface area contributed by atoms with Crippen LogP contribution in [0.2, 0.25) is 0 Å². The number of aliphatic hydroxyl groups is 1. The Morgan fingerprint density at radius 1 is 1.17 bits per heavy atom. The third-order valence-electron chi connectivity index (χ3n) is 2.96. The number of carbonyl (C=O) groups excluding carboxylic acids is 2. The molecule has 98 valence electrons. The molecule has 1 aliphatic heterocycles. The molecule has 18 heavy (non-hydrogen) atoms. The summed E-state index contributed by atoms with van der Waals surface area (Å²) in [4.78, 5) is 26.5. The number of amides is 2. The van der Waals surface area contributed by atoms with Crippen LogP contribution in [0.4, 0.5) is 0 Å². The van der Waals surface area contributed by atoms with E-state index in [9.17, 15) is 9.59 Å². The van der Waals surface area contributed by atoms with E-state index in [2.05, 4.69) is 0 Å². The number of furan rings is 1. The van der Waals surface area contributed by atoms with Crippen molar-refractivity contribution < 1.29 is 19.1 Å². The fourth-order valence-electron chi connectivity index (χ4n) is 1.92. The van der Waals surface area contributed by atoms with E-state index in [1.807, 2.05) is 6.92 Å². The first-order valence-corrected chi connectivity index (χ1v) is 5.88. The number of piperazine rings is 1. The highest BCUT2D eigenvalue weighted by Gasteiger charge is 2.29. The molecule has 0 atom stereocenters. The molecule has 0 unspecified atom stereocenters. The minimum Gasteiger partial charge on any atom is -0.462 e. The highest BCUT2D eigenvalue weighted by molar-refractivity contribution is 5.92. The van der Waals surface area contributed by atoms with Crippen LogP contribution < -0.4 is 0 Å². The van der Waals surface area contributed by atoms with E-state index in [-0.39, 0.29) is 38.1 Å². The van der Waals surface area contributed by atoms with E-state index in [4.69, 9.17) is 9.52 Å². The highest BCUT2D eigenvalue weighted by Crippen LogP contribution is 2.13. The van der Waals surface area contributed by atoms with E-state index < -0.39 is 0 Å². The Labute approximate surface area is 105 Å². The van der Waals surface area contributed by atoms with Crippen LogP contribution in [0, 0.1) is 0 Å². The maximum absolute atomic E-state index is 11.8. The van der Waals surface area contributed by atoms with Gasteiger partial charge in [-0.15, -0.1) is 0 Å². The summed E-state index contributed by atoms with van der Waals surface area (Å²) in [7, 11) is 0. The second-order valence-electron chi connectivity index (χ2n) is 4.18. The third-order valence-corrected chi connectivity index (χ3v) is 2.96. The zero-order valence-electron chi connectivity index (χ0n) is 10.3. The van der Waals surface area contributed by atoms with E-state index in [1.54, 1.807) is 12.1 Å². The molecule has 2 rings (SSSR count). The van der Waals surface area contributed by atoms with Gasteiger partial charge < -0.3 is 19.3 Å². The first-order valence-electron chi connectivity index (χ1n) is 5.88. The van der Waals surface area contributed by atoms with Gasteiger partial charge in [-0.05, 0) is 19.1 Å². The van der Waals surface area contributed by atoms with E-state index in [0.717, 1.165) is 0 Å². The molecule has 2 amide bonds. The lowest BCUT2D eigenvalue weighted by Crippen LogP contribution is -2.53. The number of hydrogen-bond acceptors (Lipinski definition) is 4. The fourth-order valence-corrected chi connectivity index (χ4v) is 1.92. The Balaban J connectivity index is 2.01. The molecule has 0 saturated carbocycles. The summed E-state index contributed by atoms with van der Waals surface area (Å²) >= 11 is 0. The molecule has 0 radical (unpaired) electrons. The molecule has 0 spiro atoms. The summed E-state index contributed by atoms with van der Waals surface area (Å²) in [6, 6.07) is 3.36. The van der Waals surface area contributed by atoms with Gasteiger partial charge in [0.15, 0.2) is 0 Å². The van der Waals surface area contributed by atoms with Gasteiger partial charge in [0.2, 0.25) is 11.8 Å². The Morgan fingerprint density at radius 2 is 1.78 bits per heavy atom. The van der Waals surface area contributed by atoms with E-state index in [1.165, 1.54) is 9.80 Å². The van der Waals surface area contributed by atoms with Gasteiger partial charge in [0.05, 0.1) is 13.1 Å². The van der Waals surface area contributed by atoms with Crippen molar-refractivity contribution in [2.24, 2.45) is 0 Å². The molecular formula is C12H16N2O4. The minimum atomic E-state index is -0.170. The van der Waals surface area contributed by atoms with Gasteiger partial charge >= 0.3 is 0 Å². The number of rotatable bonds is 4. The Morgan fingerprint density at radius 3 is 2.39 bits per heavy atom. The summed E-state index contributed by atoms with van der Waals surface area (Å²) in [5.41, 5.74) is 0. The lowest BCUT2D eigenvalue weighted by Gasteiger charge is -2.32. The van der Waals surface area contributed by atoms with Crippen LogP contribution in [0.3, 0.4) is 0 Å². The second kappa shape index (κ2) is 5.22. The van der Waals surface area contributed by atoms with Crippen molar-refractivity contribution >= 4 is 11.8 Å². The van der Waals surface area contributed by atoms with Crippen molar-refractivity contribution in [2.75, 3.05) is 19.6 Å². The maximum atomic E-state index is 11.8. The first kappa shape index (κ1) is 12.6. The van der Waals surface area contributed by atoms with Crippen LogP contribution in [-0.2, 0) is 22.7 Å². The molecule has 2 heterocycles. The van der Waals surface area contributed by atoms with Gasteiger partial charge in [-0.25, -0.2) is 0 Å². The first-order chi connectivity index (χ1) is 8.63. The SMILES string of the molecule is CCN1CC(=O)N(Cc2ccc(CO)o2)CC1=O. The van der Waals surface area contributed by atoms with Crippen molar-refractivity contribution in [2.45, 2.75) is 20.1 Å². The molecule has 1 aromatic rings. The lowest BCUT2D eigenvalue weighted by molar-refractivity contribution is -0.150. The number of likely N-dealkylation sites (N-methyl/N-ethyl adjacent to an activating group) is 1. The van der Waals surface area contributed by atoms with Gasteiger partial charge in [0, 0.05) is 6.54 Å². The molecule has 1 fully saturated rings. The second-order valence-corrected chi connectivity index (χ2v) is 4.18. The van der Waals surface area contributed by atoms with Crippen molar-refractivity contribution in [1.29, 1.82) is 0 Å². The Kier molecular flexibility index (Phi) is 3.66. The summed E-state index contributed by atoms with van der Waals surface area (Å²) < 4.78 is 5.30. The van der Waals surface area contributed by atoms with Crippen LogP contribution in [0.1, 0.15) is 18.4 Å². The topological polar surface area (TPSA) is 74.0 Å². The number of aliphatic hydroxyl groups excluding tert-OH is 1. The predicted molar refractivity (Wildman–Crippen MR) is 62.3 cm³/mol. The van der Waals surface area contributed by atoms with Crippen LogP contribution in [0.15, 0.2) is 16.5 Å². The standard InChI is InChI=1S/C12H16N2O4/c1-2-13-6-12(17)14(7-11(13)16)5-9-3-4-10(8-15)18-9/h3-4,15H,2,5-8H2,1H3. The molecule has 0 bridgehead atoms. The molecular weight excluding hydrogens is 236 g/mol. The molecule has 0 aliphatic carbocycles. The zero-order valence-corrected chi connectivity index (χ0v) is 10.3. The predicted octanol–water partition coefficient (Wildman–Crippen LogP) is -0.0374. The Hall–Kier alpha value is -1.82. The van der Waals surface area contributed by atoms with E-state index >= 15 is 0 Å². The van der Waals surface area contributed by atoms with E-state index in [0.29, 0.717) is 18.1 Å². The summed E-state index contributed by atoms with van der Waals surface area (Å²) in [6.07, 6.45) is 0. The van der Waals surface area contributed by atoms with Gasteiger partial charge in [0.25, 0.3) is 0 Å². The van der Waals surface area contributed by atoms with Gasteiger partial charge in [-0.3, -0.25) is 9.59 Å². The van der Waals surface area contributed by atoms with Crippen LogP contribution in [0.25, 0.3) is 0 Å². The lowest BCUT2D eigenvalue weighted by atomic mass is 10.2. The van der Waals surface area contributed by atoms with Crippen LogP contribution in [-0.4, -0.2) is 46.4 Å². The van der Waals surface area contributed by atoms with Gasteiger partial charge in [0.1, 0.15) is 24.7 Å². The summed E-state index contributed by atoms with van der Waals surface area (Å²) in [6.45, 7) is 2.71. The van der Waals surface area contributed by atoms with Crippen LogP contribution in [0.5, 0.6) is 0 Å². The normalized spacial score (nSPS) is 16.6. The number of nitrogens with zero attached hydrogens (tertiary/aromatic N) is 2. The van der Waals surface area contributed by atoms with Crippen molar-refractivity contribution in [3.63, 3.8) is 0 Å². The monoisotopic (exact) mass is 252 g/mol. The minimum absolute atomic E-state index is 0.0500. The van der Waals surface area contributed by atoms with Crippen molar-refractivity contribution in [3.05, 3.63) is 23.7 Å². The molecule has 1 aliphatic rings. The molecule has 1 N–H and O–H groups in total. The zero-order chi connectivity index (χ0) is 13.1. The molecule has 6 heteroatoms. The summed E-state index contributed by atoms with van der Waals surface area (Å²) in [5.74, 6) is 0.894. The summed E-state index contributed by atoms with van der Waals surface area (Å²) in [5, 5.41) is 8.88. The van der Waals surface area contributed by atoms with Gasteiger partial charge in [-0.2, -0.15) is 0 Å². The highest BCUT2D eigenvalue weighted by atomic mass is 16.4. The molecule has 1 aromatic heterocycles. The largest absolute Gasteiger partial charge is 0.462 e. The molecule has 1 saturated heterocycles. The Bertz CT molecular complexity index is 455. The molecule has 6 nitrogen and oxygen atoms in total. The van der Waals surface area contributed by atoms with Crippen molar-refractivity contribution in [1.82, 2.24) is 9.80 Å². The van der Waals surface area contributed by atoms with Crippen LogP contribution >= 0.6 is 0 Å². The van der Waals surface area contributed by atoms with Crippen molar-refractivity contribution in [3.8, 4) is 0 Å². The average Bonchev–Trinajstić information content (AvgIpc) is 2.81. The quantitative estimate of drug-likeness (QED) is 0.816.